The fourth-order valence-electron chi connectivity index (χ4n) is 4.98. The van der Waals surface area contributed by atoms with E-state index in [0.29, 0.717) is 0 Å². The summed E-state index contributed by atoms with van der Waals surface area (Å²) in [4.78, 5) is 85.9. The van der Waals surface area contributed by atoms with E-state index in [9.17, 15) is 38.7 Å². The number of hydrogen-bond acceptors (Lipinski definition) is 17. The van der Waals surface area contributed by atoms with Crippen LogP contribution in [0.25, 0.3) is 0 Å². The molecule has 0 radical (unpaired) electrons. The van der Waals surface area contributed by atoms with Gasteiger partial charge in [0.05, 0.1) is 0 Å². The smallest absolute Gasteiger partial charge is 0.303 e. The molecule has 1 amide bonds. The minimum absolute atomic E-state index is 0.113. The lowest BCUT2D eigenvalue weighted by Gasteiger charge is -2.50. The summed E-state index contributed by atoms with van der Waals surface area (Å²) in [6, 6.07) is 0. The van der Waals surface area contributed by atoms with Crippen LogP contribution in [0.2, 0.25) is 0 Å². The van der Waals surface area contributed by atoms with Crippen LogP contribution in [0.15, 0.2) is 12.7 Å². The van der Waals surface area contributed by atoms with Gasteiger partial charge in [-0.05, 0) is 0 Å². The Balaban J connectivity index is 2.71. The molecule has 0 spiro atoms. The Hall–Kier alpha value is -4.13. The SMILES string of the molecule is C=CCN(C(C)=O)[C@@H]1O[C@H](COC(C)=O)[C@@H](O[C@@H]2O[C@H](COC(C)=O)[C@H](OC(C)=O)[C@H](O)[C@H]2OC(C)=O)[C@H](OC(C)=O)[C@H]1OC(C)=O. The molecule has 18 heteroatoms. The molecule has 10 atom stereocenters. The number of aliphatic hydroxyl groups excluding tert-OH is 1. The Morgan fingerprint density at radius 1 is 0.638 bits per heavy atom. The fourth-order valence-corrected chi connectivity index (χ4v) is 4.98. The predicted octanol–water partition coefficient (Wildman–Crippen LogP) is -0.930. The molecule has 18 nitrogen and oxygen atoms in total. The maximum absolute atomic E-state index is 12.7. The van der Waals surface area contributed by atoms with Crippen molar-refractivity contribution in [3.63, 3.8) is 0 Å². The van der Waals surface area contributed by atoms with Gasteiger partial charge in [0, 0.05) is 55.0 Å². The Kier molecular flexibility index (Phi) is 14.7. The lowest BCUT2D eigenvalue weighted by Crippen LogP contribution is -2.69. The number of nitrogens with zero attached hydrogens (tertiary/aromatic N) is 1. The number of esters is 6. The molecule has 0 aromatic rings. The molecule has 47 heavy (non-hydrogen) atoms. The molecule has 2 aliphatic heterocycles. The normalized spacial score (nSPS) is 30.1. The Morgan fingerprint density at radius 2 is 1.09 bits per heavy atom. The van der Waals surface area contributed by atoms with Crippen molar-refractivity contribution in [1.29, 1.82) is 0 Å². The van der Waals surface area contributed by atoms with E-state index in [4.69, 9.17) is 42.6 Å². The number of amides is 1. The molecule has 0 aromatic carbocycles. The Morgan fingerprint density at radius 3 is 1.53 bits per heavy atom. The molecule has 2 aliphatic rings. The second kappa shape index (κ2) is 17.7. The molecule has 0 unspecified atom stereocenters. The Bertz CT molecular complexity index is 1190. The van der Waals surface area contributed by atoms with E-state index in [0.717, 1.165) is 46.4 Å². The van der Waals surface area contributed by atoms with Crippen molar-refractivity contribution in [3.05, 3.63) is 12.7 Å². The first-order chi connectivity index (χ1) is 22.0. The number of aliphatic hydroxyl groups is 1. The van der Waals surface area contributed by atoms with Gasteiger partial charge in [0.1, 0.15) is 37.6 Å². The van der Waals surface area contributed by atoms with Gasteiger partial charge in [-0.1, -0.05) is 6.08 Å². The highest BCUT2D eigenvalue weighted by Crippen LogP contribution is 2.35. The minimum atomic E-state index is -1.83. The van der Waals surface area contributed by atoms with Crippen LogP contribution >= 0.6 is 0 Å². The van der Waals surface area contributed by atoms with Gasteiger partial charge in [0.25, 0.3) is 0 Å². The molecule has 2 saturated heterocycles. The maximum Gasteiger partial charge on any atom is 0.303 e. The second-order valence-electron chi connectivity index (χ2n) is 10.6. The van der Waals surface area contributed by atoms with E-state index in [2.05, 4.69) is 6.58 Å². The van der Waals surface area contributed by atoms with Gasteiger partial charge >= 0.3 is 35.8 Å². The average Bonchev–Trinajstić information content (AvgIpc) is 2.94. The van der Waals surface area contributed by atoms with Crippen LogP contribution in [0.1, 0.15) is 48.5 Å². The molecule has 1 N–H and O–H groups in total. The summed E-state index contributed by atoms with van der Waals surface area (Å²) >= 11 is 0. The quantitative estimate of drug-likeness (QED) is 0.141. The molecular formula is C29H41NO17. The molecule has 2 rings (SSSR count). The summed E-state index contributed by atoms with van der Waals surface area (Å²) in [6.07, 6.45) is -14.5. The zero-order chi connectivity index (χ0) is 35.6. The zero-order valence-electron chi connectivity index (χ0n) is 27.1. The van der Waals surface area contributed by atoms with Gasteiger partial charge in [-0.25, -0.2) is 0 Å². The first-order valence-corrected chi connectivity index (χ1v) is 14.4. The van der Waals surface area contributed by atoms with Crippen LogP contribution in [0, 0.1) is 0 Å². The van der Waals surface area contributed by atoms with Crippen molar-refractivity contribution < 1.29 is 81.3 Å². The fraction of sp³-hybridized carbons (Fsp3) is 0.690. The van der Waals surface area contributed by atoms with E-state index >= 15 is 0 Å². The van der Waals surface area contributed by atoms with E-state index < -0.39 is 116 Å². The molecule has 0 bridgehead atoms. The average molecular weight is 676 g/mol. The first-order valence-electron chi connectivity index (χ1n) is 14.4. The topological polar surface area (TPSA) is 226 Å². The van der Waals surface area contributed by atoms with Gasteiger partial charge in [-0.2, -0.15) is 0 Å². The van der Waals surface area contributed by atoms with Crippen LogP contribution in [0.4, 0.5) is 0 Å². The molecule has 0 aliphatic carbocycles. The standard InChI is InChI=1S/C29H41NO17/c1-9-10-30(13(2)31)28-27(44-19(8)37)26(43-18(7)36)24(21(45-28)12-40-15(4)33)47-29-25(42-17(6)35)22(38)23(41-16(5)34)20(46-29)11-39-14(3)32/h9,20-29,38H,1,10-12H2,2-8H3/t20-,21-,22+,23+,24-,25-,26+,27-,28-,29+/m1/s1. The molecule has 2 heterocycles. The van der Waals surface area contributed by atoms with Crippen molar-refractivity contribution in [2.45, 2.75) is 110 Å². The predicted molar refractivity (Wildman–Crippen MR) is 151 cm³/mol. The number of hydrogen-bond donors (Lipinski definition) is 1. The largest absolute Gasteiger partial charge is 0.463 e. The lowest BCUT2D eigenvalue weighted by atomic mass is 9.95. The van der Waals surface area contributed by atoms with Crippen LogP contribution in [-0.2, 0) is 76.2 Å². The molecule has 264 valence electrons. The summed E-state index contributed by atoms with van der Waals surface area (Å²) in [5, 5.41) is 11.3. The summed E-state index contributed by atoms with van der Waals surface area (Å²) in [5.41, 5.74) is 0. The molecule has 0 saturated carbocycles. The van der Waals surface area contributed by atoms with Gasteiger partial charge in [0.2, 0.25) is 5.91 Å². The third-order valence-electron chi connectivity index (χ3n) is 6.66. The third-order valence-corrected chi connectivity index (χ3v) is 6.66. The van der Waals surface area contributed by atoms with Crippen LogP contribution in [-0.4, -0.2) is 133 Å². The van der Waals surface area contributed by atoms with Crippen molar-refractivity contribution >= 4 is 41.7 Å². The number of carbonyl (C=O) groups is 7. The van der Waals surface area contributed by atoms with Crippen LogP contribution < -0.4 is 0 Å². The second-order valence-corrected chi connectivity index (χ2v) is 10.6. The number of rotatable bonds is 13. The summed E-state index contributed by atoms with van der Waals surface area (Å²) in [6.45, 7) is 9.94. The molecule has 0 aromatic heterocycles. The summed E-state index contributed by atoms with van der Waals surface area (Å²) < 4.78 is 50.0. The van der Waals surface area contributed by atoms with Gasteiger partial charge in [-0.3, -0.25) is 33.6 Å². The molecular weight excluding hydrogens is 634 g/mol. The van der Waals surface area contributed by atoms with Crippen LogP contribution in [0.3, 0.4) is 0 Å². The highest BCUT2D eigenvalue weighted by Gasteiger charge is 2.57. The van der Waals surface area contributed by atoms with Crippen molar-refractivity contribution in [1.82, 2.24) is 4.90 Å². The monoisotopic (exact) mass is 675 g/mol. The number of carbonyl (C=O) groups excluding carboxylic acids is 7. The third kappa shape index (κ3) is 11.3. The molecule has 2 fully saturated rings. The van der Waals surface area contributed by atoms with Gasteiger partial charge in [0.15, 0.2) is 36.9 Å². The maximum atomic E-state index is 12.7. The summed E-state index contributed by atoms with van der Waals surface area (Å²) in [5.74, 6) is -5.59. The first kappa shape index (κ1) is 39.1. The minimum Gasteiger partial charge on any atom is -0.463 e. The van der Waals surface area contributed by atoms with E-state index in [1.807, 2.05) is 0 Å². The van der Waals surface area contributed by atoms with E-state index in [-0.39, 0.29) is 6.54 Å². The van der Waals surface area contributed by atoms with Gasteiger partial charge < -0.3 is 52.6 Å². The van der Waals surface area contributed by atoms with E-state index in [1.54, 1.807) is 0 Å². The van der Waals surface area contributed by atoms with E-state index in [1.165, 1.54) is 13.0 Å². The summed E-state index contributed by atoms with van der Waals surface area (Å²) in [7, 11) is 0. The highest BCUT2D eigenvalue weighted by atomic mass is 16.7. The van der Waals surface area contributed by atoms with Crippen molar-refractivity contribution in [2.75, 3.05) is 19.8 Å². The lowest BCUT2D eigenvalue weighted by molar-refractivity contribution is -0.349. The Labute approximate surface area is 270 Å². The van der Waals surface area contributed by atoms with Crippen LogP contribution in [0.5, 0.6) is 0 Å². The number of ether oxygens (including phenoxy) is 9. The highest BCUT2D eigenvalue weighted by molar-refractivity contribution is 5.74. The van der Waals surface area contributed by atoms with Gasteiger partial charge in [-0.15, -0.1) is 6.58 Å². The zero-order valence-corrected chi connectivity index (χ0v) is 27.1. The van der Waals surface area contributed by atoms with Crippen molar-refractivity contribution in [3.8, 4) is 0 Å². The van der Waals surface area contributed by atoms with Crippen molar-refractivity contribution in [2.24, 2.45) is 0 Å².